The molecule has 3 aromatic carbocycles. The zero-order valence-electron chi connectivity index (χ0n) is 22.2. The summed E-state index contributed by atoms with van der Waals surface area (Å²) in [6.45, 7) is -0.278. The topological polar surface area (TPSA) is 138 Å². The molecule has 1 saturated carbocycles. The summed E-state index contributed by atoms with van der Waals surface area (Å²) in [5.41, 5.74) is 2.82. The molecule has 0 radical (unpaired) electrons. The third-order valence-corrected chi connectivity index (χ3v) is 7.61. The fraction of sp³-hybridized carbons (Fsp3) is 0.226. The molecule has 1 aliphatic carbocycles. The van der Waals surface area contributed by atoms with E-state index < -0.39 is 17.8 Å². The summed E-state index contributed by atoms with van der Waals surface area (Å²) in [5, 5.41) is 15.6. The van der Waals surface area contributed by atoms with Crippen molar-refractivity contribution in [1.29, 1.82) is 0 Å². The molecule has 1 fully saturated rings. The van der Waals surface area contributed by atoms with E-state index in [-0.39, 0.29) is 23.8 Å². The molecule has 10 nitrogen and oxygen atoms in total. The van der Waals surface area contributed by atoms with Crippen LogP contribution in [0.5, 0.6) is 0 Å². The van der Waals surface area contributed by atoms with Crippen LogP contribution in [0, 0.1) is 0 Å². The van der Waals surface area contributed by atoms with Gasteiger partial charge >= 0.3 is 5.97 Å². The Morgan fingerprint density at radius 3 is 2.46 bits per heavy atom. The molecule has 2 amide bonds. The summed E-state index contributed by atoms with van der Waals surface area (Å²) in [7, 11) is 0. The van der Waals surface area contributed by atoms with Crippen LogP contribution in [-0.2, 0) is 4.79 Å². The number of H-pyrrole nitrogens is 1. The maximum Gasteiger partial charge on any atom is 0.352 e. The first-order valence-electron chi connectivity index (χ1n) is 13.7. The Morgan fingerprint density at radius 2 is 1.71 bits per heavy atom. The standard InChI is InChI=1S/C31H29N5O5/c37-28(33-21-12-13-25-20(15-21)17-26(34-25)31(40)41)18-32-29(38)19-11-14-27-24(16-19)30(39)36(23-9-5-2-6-10-23)35(27)22-7-3-1-4-8-22/h2,5-6,9-17,22,34H,1,3-4,7-8,18H2,(H,32,38)(H,33,37)(H,40,41). The number of carbonyl (C=O) groups is 3. The molecule has 5 aromatic rings. The molecular formula is C31H29N5O5. The number of hydrogen-bond acceptors (Lipinski definition) is 4. The second-order valence-corrected chi connectivity index (χ2v) is 10.3. The normalized spacial score (nSPS) is 13.9. The number of carboxylic acids is 1. The van der Waals surface area contributed by atoms with Crippen LogP contribution in [0.1, 0.15) is 59.0 Å². The number of hydrogen-bond donors (Lipinski definition) is 4. The summed E-state index contributed by atoms with van der Waals surface area (Å²) >= 11 is 0. The number of fused-ring (bicyclic) bond motifs is 2. The van der Waals surface area contributed by atoms with Crippen molar-refractivity contribution < 1.29 is 19.5 Å². The summed E-state index contributed by atoms with van der Waals surface area (Å²) in [4.78, 5) is 53.2. The summed E-state index contributed by atoms with van der Waals surface area (Å²) < 4.78 is 3.80. The number of rotatable bonds is 7. The largest absolute Gasteiger partial charge is 0.477 e. The predicted molar refractivity (Wildman–Crippen MR) is 156 cm³/mol. The highest BCUT2D eigenvalue weighted by molar-refractivity contribution is 6.02. The Kier molecular flexibility index (Phi) is 6.88. The number of amides is 2. The molecule has 4 N–H and O–H groups in total. The van der Waals surface area contributed by atoms with E-state index in [1.54, 1.807) is 35.0 Å². The number of benzene rings is 3. The number of aromatic amines is 1. The molecular weight excluding hydrogens is 522 g/mol. The first-order valence-corrected chi connectivity index (χ1v) is 13.7. The lowest BCUT2D eigenvalue weighted by molar-refractivity contribution is -0.115. The first kappa shape index (κ1) is 26.1. The monoisotopic (exact) mass is 551 g/mol. The predicted octanol–water partition coefficient (Wildman–Crippen LogP) is 4.85. The lowest BCUT2D eigenvalue weighted by Crippen LogP contribution is -2.32. The van der Waals surface area contributed by atoms with E-state index in [0.717, 1.165) is 36.9 Å². The van der Waals surface area contributed by atoms with Crippen LogP contribution < -0.4 is 16.2 Å². The van der Waals surface area contributed by atoms with Crippen molar-refractivity contribution in [1.82, 2.24) is 19.7 Å². The van der Waals surface area contributed by atoms with E-state index >= 15 is 0 Å². The van der Waals surface area contributed by atoms with E-state index in [4.69, 9.17) is 5.11 Å². The van der Waals surface area contributed by atoms with E-state index in [1.165, 1.54) is 12.5 Å². The van der Waals surface area contributed by atoms with Crippen molar-refractivity contribution in [2.45, 2.75) is 38.1 Å². The second kappa shape index (κ2) is 10.8. The Balaban J connectivity index is 1.21. The van der Waals surface area contributed by atoms with E-state index in [9.17, 15) is 19.2 Å². The fourth-order valence-corrected chi connectivity index (χ4v) is 5.66. The number of carboxylic acid groups (broad SMARTS) is 1. The maximum atomic E-state index is 13.7. The van der Waals surface area contributed by atoms with Gasteiger partial charge in [-0.25, -0.2) is 9.48 Å². The van der Waals surface area contributed by atoms with E-state index in [2.05, 4.69) is 20.3 Å². The molecule has 2 heterocycles. The van der Waals surface area contributed by atoms with Gasteiger partial charge in [0.15, 0.2) is 0 Å². The molecule has 10 heteroatoms. The number of nitrogens with one attached hydrogen (secondary N) is 3. The third-order valence-electron chi connectivity index (χ3n) is 7.61. The number of para-hydroxylation sites is 1. The Morgan fingerprint density at radius 1 is 0.927 bits per heavy atom. The maximum absolute atomic E-state index is 13.7. The zero-order valence-corrected chi connectivity index (χ0v) is 22.2. The van der Waals surface area contributed by atoms with E-state index in [1.807, 2.05) is 36.4 Å². The Bertz CT molecular complexity index is 1840. The van der Waals surface area contributed by atoms with Gasteiger partial charge in [0.05, 0.1) is 29.2 Å². The molecule has 0 saturated heterocycles. The second-order valence-electron chi connectivity index (χ2n) is 10.3. The molecule has 0 bridgehead atoms. The van der Waals surface area contributed by atoms with Crippen molar-refractivity contribution in [3.8, 4) is 5.69 Å². The van der Waals surface area contributed by atoms with Crippen molar-refractivity contribution in [3.63, 3.8) is 0 Å². The lowest BCUT2D eigenvalue weighted by atomic mass is 9.95. The third kappa shape index (κ3) is 5.11. The van der Waals surface area contributed by atoms with Crippen LogP contribution in [0.2, 0.25) is 0 Å². The average Bonchev–Trinajstić information content (AvgIpc) is 3.55. The van der Waals surface area contributed by atoms with Crippen LogP contribution >= 0.6 is 0 Å². The van der Waals surface area contributed by atoms with Gasteiger partial charge in [-0.05, 0) is 67.4 Å². The molecule has 0 aliphatic heterocycles. The van der Waals surface area contributed by atoms with Crippen molar-refractivity contribution in [2.24, 2.45) is 0 Å². The van der Waals surface area contributed by atoms with E-state index in [0.29, 0.717) is 27.5 Å². The SMILES string of the molecule is O=C(CNC(=O)c1ccc2c(c1)c(=O)n(-c1ccccc1)n2C1CCCCC1)Nc1ccc2[nH]c(C(=O)O)cc2c1. The van der Waals surface area contributed by atoms with Gasteiger partial charge in [-0.3, -0.25) is 19.1 Å². The first-order chi connectivity index (χ1) is 19.9. The summed E-state index contributed by atoms with van der Waals surface area (Å²) in [6, 6.07) is 21.3. The molecule has 1 aliphatic rings. The van der Waals surface area contributed by atoms with Crippen LogP contribution in [0.25, 0.3) is 27.5 Å². The molecule has 208 valence electrons. The minimum absolute atomic E-state index is 0.0531. The van der Waals surface area contributed by atoms with Gasteiger partial charge in [0.25, 0.3) is 11.5 Å². The molecule has 6 rings (SSSR count). The van der Waals surface area contributed by atoms with Gasteiger partial charge in [-0.2, -0.15) is 0 Å². The molecule has 41 heavy (non-hydrogen) atoms. The van der Waals surface area contributed by atoms with Gasteiger partial charge in [-0.1, -0.05) is 37.5 Å². The molecule has 0 spiro atoms. The minimum atomic E-state index is -1.07. The highest BCUT2D eigenvalue weighted by Gasteiger charge is 2.24. The highest BCUT2D eigenvalue weighted by atomic mass is 16.4. The van der Waals surface area contributed by atoms with Gasteiger partial charge in [0.1, 0.15) is 5.69 Å². The van der Waals surface area contributed by atoms with Crippen LogP contribution in [0.15, 0.2) is 77.6 Å². The summed E-state index contributed by atoms with van der Waals surface area (Å²) in [6.07, 6.45) is 5.39. The number of aromatic carboxylic acids is 1. The quantitative estimate of drug-likeness (QED) is 0.229. The van der Waals surface area contributed by atoms with Crippen molar-refractivity contribution >= 4 is 45.3 Å². The summed E-state index contributed by atoms with van der Waals surface area (Å²) in [5.74, 6) is -1.98. The van der Waals surface area contributed by atoms with Crippen LogP contribution in [-0.4, -0.2) is 43.8 Å². The lowest BCUT2D eigenvalue weighted by Gasteiger charge is -2.26. The molecule has 0 atom stereocenters. The van der Waals surface area contributed by atoms with Gasteiger partial charge in [0.2, 0.25) is 5.91 Å². The Labute approximate surface area is 234 Å². The number of anilines is 1. The van der Waals surface area contributed by atoms with Crippen molar-refractivity contribution in [3.05, 3.63) is 94.4 Å². The highest BCUT2D eigenvalue weighted by Crippen LogP contribution is 2.32. The number of carbonyl (C=O) groups excluding carboxylic acids is 2. The minimum Gasteiger partial charge on any atom is -0.477 e. The number of aromatic nitrogens is 3. The number of nitrogens with zero attached hydrogens (tertiary/aromatic N) is 2. The van der Waals surface area contributed by atoms with Gasteiger partial charge in [0, 0.05) is 22.2 Å². The molecule has 0 unspecified atom stereocenters. The van der Waals surface area contributed by atoms with Crippen LogP contribution in [0.3, 0.4) is 0 Å². The average molecular weight is 552 g/mol. The van der Waals surface area contributed by atoms with Crippen LogP contribution in [0.4, 0.5) is 5.69 Å². The zero-order chi connectivity index (χ0) is 28.5. The molecule has 2 aromatic heterocycles. The smallest absolute Gasteiger partial charge is 0.352 e. The van der Waals surface area contributed by atoms with Crippen molar-refractivity contribution in [2.75, 3.05) is 11.9 Å². The Hall–Kier alpha value is -5.12. The fourth-order valence-electron chi connectivity index (χ4n) is 5.66. The van der Waals surface area contributed by atoms with Gasteiger partial charge in [-0.15, -0.1) is 0 Å². The van der Waals surface area contributed by atoms with Gasteiger partial charge < -0.3 is 20.7 Å².